The van der Waals surface area contributed by atoms with Crippen molar-refractivity contribution in [2.24, 2.45) is 10.9 Å². The molecule has 1 aromatic rings. The number of ether oxygens (including phenoxy) is 1. The smallest absolute Gasteiger partial charge is 0.241 e. The minimum atomic E-state index is 0.0197. The van der Waals surface area contributed by atoms with Gasteiger partial charge in [0.15, 0.2) is 5.96 Å². The van der Waals surface area contributed by atoms with E-state index in [1.165, 1.54) is 12.8 Å². The van der Waals surface area contributed by atoms with E-state index in [4.69, 9.17) is 9.73 Å². The normalized spacial score (nSPS) is 17.4. The first-order valence-corrected chi connectivity index (χ1v) is 10.5. The van der Waals surface area contributed by atoms with Crippen molar-refractivity contribution < 1.29 is 9.53 Å². The van der Waals surface area contributed by atoms with Gasteiger partial charge in [-0.3, -0.25) is 9.69 Å². The molecule has 0 aromatic heterocycles. The van der Waals surface area contributed by atoms with Crippen LogP contribution in [0.2, 0.25) is 0 Å². The SMILES string of the molecule is COc1ccc(CN=C(NCC(=O)N(C)C)NC[C@H]2CCCN2CC(C)C)cc1. The molecule has 0 unspecified atom stereocenters. The van der Waals surface area contributed by atoms with Crippen molar-refractivity contribution in [3.63, 3.8) is 0 Å². The van der Waals surface area contributed by atoms with Gasteiger partial charge < -0.3 is 20.3 Å². The number of amides is 1. The fraction of sp³-hybridized carbons (Fsp3) is 0.636. The Hall–Kier alpha value is -2.28. The first-order valence-electron chi connectivity index (χ1n) is 10.5. The number of guanidine groups is 1. The summed E-state index contributed by atoms with van der Waals surface area (Å²) in [7, 11) is 5.17. The second-order valence-electron chi connectivity index (χ2n) is 8.22. The van der Waals surface area contributed by atoms with Crippen molar-refractivity contribution in [2.45, 2.75) is 39.3 Å². The molecule has 1 atom stereocenters. The molecule has 0 radical (unpaired) electrons. The van der Waals surface area contributed by atoms with Crippen LogP contribution in [0.3, 0.4) is 0 Å². The van der Waals surface area contributed by atoms with E-state index in [2.05, 4.69) is 29.4 Å². The molecule has 7 heteroatoms. The average molecular weight is 404 g/mol. The molecule has 0 spiro atoms. The number of hydrogen-bond acceptors (Lipinski definition) is 4. The number of nitrogens with one attached hydrogen (secondary N) is 2. The molecule has 29 heavy (non-hydrogen) atoms. The van der Waals surface area contributed by atoms with Crippen LogP contribution in [0, 0.1) is 5.92 Å². The van der Waals surface area contributed by atoms with Crippen LogP contribution in [0.5, 0.6) is 5.75 Å². The summed E-state index contributed by atoms with van der Waals surface area (Å²) in [6.45, 7) is 8.40. The van der Waals surface area contributed by atoms with Gasteiger partial charge in [-0.05, 0) is 43.0 Å². The van der Waals surface area contributed by atoms with Gasteiger partial charge in [-0.2, -0.15) is 0 Å². The van der Waals surface area contributed by atoms with Gasteiger partial charge in [-0.15, -0.1) is 0 Å². The van der Waals surface area contributed by atoms with Gasteiger partial charge in [0.1, 0.15) is 5.75 Å². The minimum Gasteiger partial charge on any atom is -0.497 e. The monoisotopic (exact) mass is 403 g/mol. The minimum absolute atomic E-state index is 0.0197. The average Bonchev–Trinajstić information content (AvgIpc) is 3.13. The second kappa shape index (κ2) is 11.7. The number of aliphatic imine (C=N–C) groups is 1. The standard InChI is InChI=1S/C22H37N5O2/c1-17(2)16-27-12-6-7-19(27)14-24-22(25-15-21(28)26(3)4)23-13-18-8-10-20(29-5)11-9-18/h8-11,17,19H,6-7,12-16H2,1-5H3,(H2,23,24,25)/t19-/m1/s1. The van der Waals surface area contributed by atoms with Crippen LogP contribution < -0.4 is 15.4 Å². The van der Waals surface area contributed by atoms with Gasteiger partial charge in [0.25, 0.3) is 0 Å². The largest absolute Gasteiger partial charge is 0.497 e. The van der Waals surface area contributed by atoms with Crippen molar-refractivity contribution in [2.75, 3.05) is 47.4 Å². The molecule has 0 saturated carbocycles. The summed E-state index contributed by atoms with van der Waals surface area (Å²) in [4.78, 5) is 20.8. The first-order chi connectivity index (χ1) is 13.9. The van der Waals surface area contributed by atoms with Gasteiger partial charge in [-0.1, -0.05) is 26.0 Å². The van der Waals surface area contributed by atoms with Gasteiger partial charge in [0.2, 0.25) is 5.91 Å². The van der Waals surface area contributed by atoms with Gasteiger partial charge in [-0.25, -0.2) is 4.99 Å². The second-order valence-corrected chi connectivity index (χ2v) is 8.22. The molecule has 0 aliphatic carbocycles. The number of rotatable bonds is 9. The number of benzene rings is 1. The van der Waals surface area contributed by atoms with Gasteiger partial charge >= 0.3 is 0 Å². The highest BCUT2D eigenvalue weighted by molar-refractivity contribution is 5.86. The number of nitrogens with zero attached hydrogens (tertiary/aromatic N) is 3. The Balaban J connectivity index is 1.98. The molecule has 0 bridgehead atoms. The van der Waals surface area contributed by atoms with Gasteiger partial charge in [0, 0.05) is 33.2 Å². The van der Waals surface area contributed by atoms with Crippen LogP contribution in [0.4, 0.5) is 0 Å². The zero-order chi connectivity index (χ0) is 21.2. The third kappa shape index (κ3) is 7.93. The summed E-state index contributed by atoms with van der Waals surface area (Å²) in [6, 6.07) is 8.39. The highest BCUT2D eigenvalue weighted by Crippen LogP contribution is 2.18. The highest BCUT2D eigenvalue weighted by atomic mass is 16.5. The molecule has 162 valence electrons. The van der Waals surface area contributed by atoms with E-state index in [-0.39, 0.29) is 12.5 Å². The maximum atomic E-state index is 12.0. The Morgan fingerprint density at radius 1 is 1.28 bits per heavy atom. The fourth-order valence-electron chi connectivity index (χ4n) is 3.44. The van der Waals surface area contributed by atoms with E-state index in [1.54, 1.807) is 26.1 Å². The Labute approximate surface area is 175 Å². The highest BCUT2D eigenvalue weighted by Gasteiger charge is 2.24. The molecule has 1 aliphatic heterocycles. The topological polar surface area (TPSA) is 69.2 Å². The van der Waals surface area contributed by atoms with Gasteiger partial charge in [0.05, 0.1) is 20.2 Å². The fourth-order valence-corrected chi connectivity index (χ4v) is 3.44. The number of carbonyl (C=O) groups excluding carboxylic acids is 1. The lowest BCUT2D eigenvalue weighted by Crippen LogP contribution is -2.47. The molecule has 1 heterocycles. The predicted molar refractivity (Wildman–Crippen MR) is 118 cm³/mol. The summed E-state index contributed by atoms with van der Waals surface area (Å²) < 4.78 is 5.21. The first kappa shape index (κ1) is 23.0. The van der Waals surface area contributed by atoms with Crippen molar-refractivity contribution in [1.29, 1.82) is 0 Å². The Bertz CT molecular complexity index is 658. The van der Waals surface area contributed by atoms with Crippen molar-refractivity contribution >= 4 is 11.9 Å². The molecule has 2 N–H and O–H groups in total. The number of methoxy groups -OCH3 is 1. The molecule has 7 nitrogen and oxygen atoms in total. The Morgan fingerprint density at radius 2 is 2.00 bits per heavy atom. The lowest BCUT2D eigenvalue weighted by Gasteiger charge is -2.27. The van der Waals surface area contributed by atoms with E-state index in [9.17, 15) is 4.79 Å². The van der Waals surface area contributed by atoms with E-state index >= 15 is 0 Å². The van der Waals surface area contributed by atoms with E-state index < -0.39 is 0 Å². The van der Waals surface area contributed by atoms with Crippen LogP contribution in [-0.2, 0) is 11.3 Å². The molecule has 2 rings (SSSR count). The third-order valence-electron chi connectivity index (χ3n) is 5.09. The van der Waals surface area contributed by atoms with Crippen LogP contribution in [0.25, 0.3) is 0 Å². The molecule has 1 aromatic carbocycles. The third-order valence-corrected chi connectivity index (χ3v) is 5.09. The van der Waals surface area contributed by atoms with Crippen molar-refractivity contribution in [1.82, 2.24) is 20.4 Å². The van der Waals surface area contributed by atoms with E-state index in [1.807, 2.05) is 24.3 Å². The van der Waals surface area contributed by atoms with Crippen molar-refractivity contribution in [3.05, 3.63) is 29.8 Å². The van der Waals surface area contributed by atoms with E-state index in [0.29, 0.717) is 24.5 Å². The molecular weight excluding hydrogens is 366 g/mol. The Kier molecular flexibility index (Phi) is 9.25. The summed E-state index contributed by atoms with van der Waals surface area (Å²) in [5.74, 6) is 2.19. The number of carbonyl (C=O) groups is 1. The summed E-state index contributed by atoms with van der Waals surface area (Å²) in [5, 5.41) is 6.63. The molecule has 1 fully saturated rings. The maximum absolute atomic E-state index is 12.0. The van der Waals surface area contributed by atoms with E-state index in [0.717, 1.165) is 30.9 Å². The maximum Gasteiger partial charge on any atom is 0.241 e. The molecule has 1 saturated heterocycles. The zero-order valence-electron chi connectivity index (χ0n) is 18.6. The zero-order valence-corrected chi connectivity index (χ0v) is 18.6. The number of likely N-dealkylation sites (N-methyl/N-ethyl adjacent to an activating group) is 1. The summed E-state index contributed by atoms with van der Waals surface area (Å²) in [6.07, 6.45) is 2.44. The molecule has 1 aliphatic rings. The Morgan fingerprint density at radius 3 is 2.62 bits per heavy atom. The lowest BCUT2D eigenvalue weighted by atomic mass is 10.1. The quantitative estimate of drug-likeness (QED) is 0.487. The van der Waals surface area contributed by atoms with Crippen molar-refractivity contribution in [3.8, 4) is 5.75 Å². The van der Waals surface area contributed by atoms with Crippen LogP contribution in [-0.4, -0.2) is 75.1 Å². The molecule has 1 amide bonds. The van der Waals surface area contributed by atoms with Crippen LogP contribution in [0.1, 0.15) is 32.3 Å². The molecular formula is C22H37N5O2. The predicted octanol–water partition coefficient (Wildman–Crippen LogP) is 1.94. The van der Waals surface area contributed by atoms with Crippen LogP contribution >= 0.6 is 0 Å². The summed E-state index contributed by atoms with van der Waals surface area (Å²) >= 11 is 0. The summed E-state index contributed by atoms with van der Waals surface area (Å²) in [5.41, 5.74) is 1.09. The lowest BCUT2D eigenvalue weighted by molar-refractivity contribution is -0.127. The number of hydrogen-bond donors (Lipinski definition) is 2. The number of likely N-dealkylation sites (tertiary alicyclic amines) is 1. The van der Waals surface area contributed by atoms with Crippen LogP contribution in [0.15, 0.2) is 29.3 Å².